The minimum atomic E-state index is -4.41. The molecule has 2 aromatic carbocycles. The molecule has 0 aliphatic carbocycles. The Morgan fingerprint density at radius 1 is 0.857 bits per heavy atom. The van der Waals surface area contributed by atoms with Crippen molar-refractivity contribution in [1.82, 2.24) is 0 Å². The van der Waals surface area contributed by atoms with Gasteiger partial charge in [-0.1, -0.05) is 155 Å². The second-order valence-corrected chi connectivity index (χ2v) is 22.5. The normalized spacial score (nSPS) is 14.7. The van der Waals surface area contributed by atoms with Crippen molar-refractivity contribution in [2.45, 2.75) is 125 Å². The predicted molar refractivity (Wildman–Crippen MR) is 237 cm³/mol. The number of phosphoric acid groups is 1. The van der Waals surface area contributed by atoms with Gasteiger partial charge in [0, 0.05) is 0 Å². The molecule has 0 spiro atoms. The van der Waals surface area contributed by atoms with Gasteiger partial charge in [0.2, 0.25) is 0 Å². The quantitative estimate of drug-likeness (QED) is 0.0438. The van der Waals surface area contributed by atoms with Crippen molar-refractivity contribution in [2.75, 3.05) is 26.4 Å². The van der Waals surface area contributed by atoms with Crippen LogP contribution in [-0.4, -0.2) is 45.7 Å². The fourth-order valence-electron chi connectivity index (χ4n) is 6.38. The third-order valence-electron chi connectivity index (χ3n) is 9.79. The summed E-state index contributed by atoms with van der Waals surface area (Å²) >= 11 is 0. The first-order valence-corrected chi connectivity index (χ1v) is 23.5. The van der Waals surface area contributed by atoms with Crippen LogP contribution in [0.4, 0.5) is 0 Å². The van der Waals surface area contributed by atoms with E-state index in [0.717, 1.165) is 55.3 Å². The summed E-state index contributed by atoms with van der Waals surface area (Å²) in [5.74, 6) is 0. The third-order valence-corrected chi connectivity index (χ3v) is 15.8. The molecule has 0 aliphatic heterocycles. The molecule has 7 nitrogen and oxygen atoms in total. The van der Waals surface area contributed by atoms with E-state index in [1.165, 1.54) is 22.3 Å². The Morgan fingerprint density at radius 2 is 1.45 bits per heavy atom. The Hall–Kier alpha value is -3.12. The van der Waals surface area contributed by atoms with Crippen molar-refractivity contribution in [1.29, 1.82) is 5.26 Å². The number of ether oxygens (including phenoxy) is 1. The lowest BCUT2D eigenvalue weighted by molar-refractivity contribution is -0.00605. The van der Waals surface area contributed by atoms with Crippen LogP contribution in [0.2, 0.25) is 5.04 Å². The molecule has 0 bridgehead atoms. The molecular weight excluding hydrogens is 734 g/mol. The summed E-state index contributed by atoms with van der Waals surface area (Å²) in [6.07, 6.45) is 17.6. The molecule has 0 saturated heterocycles. The maximum atomic E-state index is 12.7. The summed E-state index contributed by atoms with van der Waals surface area (Å²) in [4.78, 5) is 10.3. The average molecular weight is 804 g/mol. The first-order valence-electron chi connectivity index (χ1n) is 20.0. The maximum Gasteiger partial charge on any atom is 0.472 e. The Kier molecular flexibility index (Phi) is 21.5. The molecule has 0 saturated carbocycles. The second-order valence-electron chi connectivity index (χ2n) is 16.7. The molecule has 0 heterocycles. The van der Waals surface area contributed by atoms with E-state index in [2.05, 4.69) is 124 Å². The molecule has 2 rings (SSSR count). The summed E-state index contributed by atoms with van der Waals surface area (Å²) in [6.45, 7) is 24.1. The van der Waals surface area contributed by atoms with E-state index in [0.29, 0.717) is 0 Å². The SMILES string of the molecule is C=C(C/C=C(\C)CCC=C(C)C)CCC(C)(C)/C=C/CC/C(C)=C\CO[C@H](CO[Si](c1ccccc1)(c1ccccc1)C(C)(C)C)COP(=O)(O)OCCC#N. The second kappa shape index (κ2) is 24.6. The number of benzene rings is 2. The molecule has 56 heavy (non-hydrogen) atoms. The highest BCUT2D eigenvalue weighted by Crippen LogP contribution is 2.43. The zero-order chi connectivity index (χ0) is 41.7. The molecule has 1 unspecified atom stereocenters. The zero-order valence-electron chi connectivity index (χ0n) is 35.8. The number of allylic oxidation sites excluding steroid dienone is 8. The van der Waals surface area contributed by atoms with Crippen LogP contribution in [0.3, 0.4) is 0 Å². The summed E-state index contributed by atoms with van der Waals surface area (Å²) in [5, 5.41) is 10.8. The molecule has 2 atom stereocenters. The first kappa shape index (κ1) is 49.0. The molecule has 1 N–H and O–H groups in total. The van der Waals surface area contributed by atoms with E-state index in [9.17, 15) is 9.46 Å². The van der Waals surface area contributed by atoms with Crippen molar-refractivity contribution in [3.63, 3.8) is 0 Å². The largest absolute Gasteiger partial charge is 0.472 e. The summed E-state index contributed by atoms with van der Waals surface area (Å²) in [5.41, 5.74) is 5.35. The van der Waals surface area contributed by atoms with Crippen molar-refractivity contribution in [2.24, 2.45) is 5.41 Å². The van der Waals surface area contributed by atoms with Gasteiger partial charge < -0.3 is 14.1 Å². The molecule has 9 heteroatoms. The van der Waals surface area contributed by atoms with Gasteiger partial charge in [0.1, 0.15) is 6.10 Å². The number of phosphoric ester groups is 1. The Labute approximate surface area is 341 Å². The van der Waals surface area contributed by atoms with Crippen LogP contribution in [0.15, 0.2) is 120 Å². The fourth-order valence-corrected chi connectivity index (χ4v) is 11.7. The highest BCUT2D eigenvalue weighted by Gasteiger charge is 2.50. The number of nitrogens with zero attached hydrogens (tertiary/aromatic N) is 1. The lowest BCUT2D eigenvalue weighted by Crippen LogP contribution is -2.67. The van der Waals surface area contributed by atoms with E-state index in [-0.39, 0.29) is 43.3 Å². The Morgan fingerprint density at radius 3 is 2.02 bits per heavy atom. The monoisotopic (exact) mass is 803 g/mol. The van der Waals surface area contributed by atoms with Crippen molar-refractivity contribution in [3.05, 3.63) is 120 Å². The Bertz CT molecular complexity index is 1640. The predicted octanol–water partition coefficient (Wildman–Crippen LogP) is 11.7. The first-order chi connectivity index (χ1) is 26.4. The number of hydrogen-bond donors (Lipinski definition) is 1. The number of rotatable bonds is 26. The van der Waals surface area contributed by atoms with Crippen molar-refractivity contribution >= 4 is 26.5 Å². The molecule has 0 aliphatic rings. The molecule has 2 aromatic rings. The lowest BCUT2D eigenvalue weighted by Gasteiger charge is -2.43. The summed E-state index contributed by atoms with van der Waals surface area (Å²) in [6, 6.07) is 22.5. The van der Waals surface area contributed by atoms with Crippen LogP contribution < -0.4 is 10.4 Å². The molecule has 0 radical (unpaired) electrons. The van der Waals surface area contributed by atoms with Crippen molar-refractivity contribution < 1.29 is 27.7 Å². The standard InChI is InChI=1S/C47H70NO6PSi/c1-39(2)21-19-23-40(3)28-29-42(5)30-33-47(9,10)32-18-17-22-41(4)31-36-51-43(37-53-55(49,50)52-35-20-34-48)38-54-56(46(6,7)8,44-24-13-11-14-25-44)45-26-15-12-16-27-45/h11-16,18,21,24-28,31-32,43H,5,17,19-20,22-23,29-30,33,35-38H2,1-4,6-10H3,(H,49,50)/b32-18+,40-28+,41-31-/t43-/m0/s1. The van der Waals surface area contributed by atoms with E-state index in [1.54, 1.807) is 0 Å². The third kappa shape index (κ3) is 18.4. The molecule has 308 valence electrons. The zero-order valence-corrected chi connectivity index (χ0v) is 37.7. The highest BCUT2D eigenvalue weighted by atomic mass is 31.2. The minimum Gasteiger partial charge on any atom is -0.405 e. The molecule has 0 amide bonds. The van der Waals surface area contributed by atoms with Gasteiger partial charge in [-0.05, 0) is 93.5 Å². The van der Waals surface area contributed by atoms with E-state index < -0.39 is 22.2 Å². The van der Waals surface area contributed by atoms with Crippen molar-refractivity contribution in [3.8, 4) is 6.07 Å². The van der Waals surface area contributed by atoms with Gasteiger partial charge in [-0.3, -0.25) is 9.05 Å². The molecular formula is C47H70NO6PSi. The lowest BCUT2D eigenvalue weighted by atomic mass is 9.85. The van der Waals surface area contributed by atoms with Crippen LogP contribution >= 0.6 is 7.82 Å². The minimum absolute atomic E-state index is 0.0214. The van der Waals surface area contributed by atoms with Gasteiger partial charge in [0.25, 0.3) is 8.32 Å². The number of nitriles is 1. The number of hydrogen-bond acceptors (Lipinski definition) is 6. The topological polar surface area (TPSA) is 98.0 Å². The Balaban J connectivity index is 2.08. The summed E-state index contributed by atoms with van der Waals surface area (Å²) < 4.78 is 36.4. The molecule has 0 aromatic heterocycles. The van der Waals surface area contributed by atoms with Gasteiger partial charge in [0.15, 0.2) is 0 Å². The molecule has 0 fully saturated rings. The van der Waals surface area contributed by atoms with Crippen LogP contribution in [0.5, 0.6) is 0 Å². The highest BCUT2D eigenvalue weighted by molar-refractivity contribution is 7.47. The van der Waals surface area contributed by atoms with Crippen LogP contribution in [0, 0.1) is 16.7 Å². The van der Waals surface area contributed by atoms with E-state index >= 15 is 0 Å². The maximum absolute atomic E-state index is 12.7. The van der Waals surface area contributed by atoms with Crippen LogP contribution in [0.1, 0.15) is 114 Å². The fraction of sp³-hybridized carbons (Fsp3) is 0.511. The average Bonchev–Trinajstić information content (AvgIpc) is 3.14. The smallest absolute Gasteiger partial charge is 0.405 e. The van der Waals surface area contributed by atoms with Crippen LogP contribution in [-0.2, 0) is 22.8 Å². The van der Waals surface area contributed by atoms with E-state index in [4.69, 9.17) is 23.5 Å². The van der Waals surface area contributed by atoms with Crippen LogP contribution in [0.25, 0.3) is 0 Å². The van der Waals surface area contributed by atoms with Gasteiger partial charge in [-0.15, -0.1) is 0 Å². The van der Waals surface area contributed by atoms with Gasteiger partial charge in [0.05, 0.1) is 38.9 Å². The van der Waals surface area contributed by atoms with Gasteiger partial charge in [-0.25, -0.2) is 4.57 Å². The summed E-state index contributed by atoms with van der Waals surface area (Å²) in [7, 11) is -7.31. The van der Waals surface area contributed by atoms with Gasteiger partial charge >= 0.3 is 7.82 Å². The van der Waals surface area contributed by atoms with Gasteiger partial charge in [-0.2, -0.15) is 5.26 Å². The van der Waals surface area contributed by atoms with E-state index in [1.807, 2.05) is 42.5 Å².